The van der Waals surface area contributed by atoms with Gasteiger partial charge in [-0.15, -0.1) is 0 Å². The number of carbonyl (C=O) groups is 1. The van der Waals surface area contributed by atoms with Crippen LogP contribution in [0.15, 0.2) is 29.1 Å². The Bertz CT molecular complexity index is 1210. The van der Waals surface area contributed by atoms with Gasteiger partial charge in [-0.2, -0.15) is 23.4 Å². The van der Waals surface area contributed by atoms with Gasteiger partial charge in [0.05, 0.1) is 33.9 Å². The number of hydrogen-bond donors (Lipinski definition) is 1. The van der Waals surface area contributed by atoms with E-state index in [0.717, 1.165) is 35.4 Å². The van der Waals surface area contributed by atoms with Gasteiger partial charge in [0.15, 0.2) is 0 Å². The Morgan fingerprint density at radius 3 is 2.45 bits per heavy atom. The molecule has 1 aromatic carbocycles. The van der Waals surface area contributed by atoms with Gasteiger partial charge in [-0.05, 0) is 44.4 Å². The first-order valence-electron chi connectivity index (χ1n) is 9.97. The van der Waals surface area contributed by atoms with E-state index < -0.39 is 23.7 Å². The molecule has 1 aliphatic rings. The molecule has 2 aromatic heterocycles. The Kier molecular flexibility index (Phi) is 5.10. The third-order valence-corrected chi connectivity index (χ3v) is 5.51. The number of nitrogens with zero attached hydrogens (tertiary/aromatic N) is 4. The molecule has 3 aromatic rings. The molecule has 1 N–H and O–H groups in total. The predicted molar refractivity (Wildman–Crippen MR) is 107 cm³/mol. The molecule has 10 heteroatoms. The van der Waals surface area contributed by atoms with Crippen LogP contribution in [0.3, 0.4) is 0 Å². The second-order valence-electron chi connectivity index (χ2n) is 7.96. The average molecular weight is 433 g/mol. The lowest BCUT2D eigenvalue weighted by Gasteiger charge is -2.16. The van der Waals surface area contributed by atoms with Crippen molar-refractivity contribution >= 4 is 16.8 Å². The molecule has 0 radical (unpaired) electrons. The normalized spacial score (nSPS) is 15.3. The number of carbonyl (C=O) groups excluding carboxylic acids is 1. The van der Waals surface area contributed by atoms with E-state index in [1.807, 2.05) is 0 Å². The summed E-state index contributed by atoms with van der Waals surface area (Å²) < 4.78 is 41.0. The van der Waals surface area contributed by atoms with Crippen LogP contribution in [0.2, 0.25) is 0 Å². The van der Waals surface area contributed by atoms with Gasteiger partial charge in [0.1, 0.15) is 6.54 Å². The third-order valence-electron chi connectivity index (χ3n) is 5.51. The summed E-state index contributed by atoms with van der Waals surface area (Å²) in [6.07, 6.45) is -2.45. The van der Waals surface area contributed by atoms with Crippen molar-refractivity contribution in [1.29, 1.82) is 0 Å². The summed E-state index contributed by atoms with van der Waals surface area (Å²) in [5, 5.41) is 12.0. The van der Waals surface area contributed by atoms with Crippen molar-refractivity contribution in [2.75, 3.05) is 0 Å². The van der Waals surface area contributed by atoms with Crippen molar-refractivity contribution in [1.82, 2.24) is 24.9 Å². The lowest BCUT2D eigenvalue weighted by atomic mass is 10.1. The van der Waals surface area contributed by atoms with Crippen molar-refractivity contribution in [3.63, 3.8) is 0 Å². The van der Waals surface area contributed by atoms with Crippen molar-refractivity contribution in [2.24, 2.45) is 7.05 Å². The van der Waals surface area contributed by atoms with Crippen molar-refractivity contribution < 1.29 is 18.0 Å². The summed E-state index contributed by atoms with van der Waals surface area (Å²) in [6.45, 7) is 3.14. The van der Waals surface area contributed by atoms with Crippen LogP contribution in [-0.4, -0.2) is 25.5 Å². The SMILES string of the molecule is Cc1nn(CC(=O)N[C@@H](C)c2ccc(C(F)(F)F)cc2)c(=O)c2c(C3CC3)nn(C)c12. The lowest BCUT2D eigenvalue weighted by molar-refractivity contribution is -0.137. The van der Waals surface area contributed by atoms with E-state index in [-0.39, 0.29) is 18.0 Å². The Balaban J connectivity index is 1.54. The first kappa shape index (κ1) is 21.1. The molecule has 1 saturated carbocycles. The topological polar surface area (TPSA) is 81.8 Å². The van der Waals surface area contributed by atoms with Gasteiger partial charge < -0.3 is 5.32 Å². The Hall–Kier alpha value is -3.17. The summed E-state index contributed by atoms with van der Waals surface area (Å²) in [6, 6.07) is 4.07. The monoisotopic (exact) mass is 433 g/mol. The van der Waals surface area contributed by atoms with Gasteiger partial charge in [0.2, 0.25) is 5.91 Å². The molecule has 7 nitrogen and oxygen atoms in total. The molecular formula is C21H22F3N5O2. The number of fused-ring (bicyclic) bond motifs is 1. The molecular weight excluding hydrogens is 411 g/mol. The van der Waals surface area contributed by atoms with E-state index in [1.54, 1.807) is 25.6 Å². The maximum absolute atomic E-state index is 13.0. The maximum Gasteiger partial charge on any atom is 0.416 e. The fourth-order valence-corrected chi connectivity index (χ4v) is 3.79. The minimum atomic E-state index is -4.42. The second-order valence-corrected chi connectivity index (χ2v) is 7.96. The summed E-state index contributed by atoms with van der Waals surface area (Å²) in [4.78, 5) is 25.6. The third kappa shape index (κ3) is 4.06. The highest BCUT2D eigenvalue weighted by atomic mass is 19.4. The summed E-state index contributed by atoms with van der Waals surface area (Å²) in [7, 11) is 1.77. The van der Waals surface area contributed by atoms with E-state index in [2.05, 4.69) is 15.5 Å². The molecule has 164 valence electrons. The van der Waals surface area contributed by atoms with Crippen LogP contribution in [0.5, 0.6) is 0 Å². The number of aromatic nitrogens is 4. The van der Waals surface area contributed by atoms with Crippen LogP contribution in [-0.2, 0) is 24.6 Å². The zero-order valence-corrected chi connectivity index (χ0v) is 17.3. The van der Waals surface area contributed by atoms with Crippen LogP contribution >= 0.6 is 0 Å². The molecule has 31 heavy (non-hydrogen) atoms. The Morgan fingerprint density at radius 2 is 1.87 bits per heavy atom. The summed E-state index contributed by atoms with van der Waals surface area (Å²) >= 11 is 0. The van der Waals surface area contributed by atoms with Gasteiger partial charge in [0, 0.05) is 13.0 Å². The zero-order chi connectivity index (χ0) is 22.5. The second kappa shape index (κ2) is 7.51. The van der Waals surface area contributed by atoms with Crippen LogP contribution in [0.4, 0.5) is 13.2 Å². The number of amides is 1. The maximum atomic E-state index is 13.0. The molecule has 4 rings (SSSR count). The minimum Gasteiger partial charge on any atom is -0.348 e. The summed E-state index contributed by atoms with van der Waals surface area (Å²) in [5.74, 6) is -0.197. The van der Waals surface area contributed by atoms with E-state index >= 15 is 0 Å². The van der Waals surface area contributed by atoms with Gasteiger partial charge in [-0.1, -0.05) is 12.1 Å². The number of nitrogens with one attached hydrogen (secondary N) is 1. The quantitative estimate of drug-likeness (QED) is 0.670. The highest BCUT2D eigenvalue weighted by molar-refractivity contribution is 5.84. The predicted octanol–water partition coefficient (Wildman–Crippen LogP) is 3.21. The first-order chi connectivity index (χ1) is 14.6. The number of aryl methyl sites for hydroxylation is 2. The average Bonchev–Trinajstić information content (AvgIpc) is 3.47. The molecule has 0 bridgehead atoms. The highest BCUT2D eigenvalue weighted by Gasteiger charge is 2.32. The fraction of sp³-hybridized carbons (Fsp3) is 0.429. The first-order valence-corrected chi connectivity index (χ1v) is 9.97. The van der Waals surface area contributed by atoms with Gasteiger partial charge in [0.25, 0.3) is 5.56 Å². The number of hydrogen-bond acceptors (Lipinski definition) is 4. The molecule has 0 spiro atoms. The van der Waals surface area contributed by atoms with Crippen LogP contribution in [0, 0.1) is 6.92 Å². The van der Waals surface area contributed by atoms with E-state index in [0.29, 0.717) is 22.2 Å². The molecule has 1 fully saturated rings. The van der Waals surface area contributed by atoms with E-state index in [9.17, 15) is 22.8 Å². The van der Waals surface area contributed by atoms with Crippen molar-refractivity contribution in [3.8, 4) is 0 Å². The standard InChI is InChI=1S/C21H22F3N5O2/c1-11(13-6-8-15(9-7-13)21(22,23)24)25-16(30)10-29-20(31)17-18(14-4-5-14)27-28(3)19(17)12(2)26-29/h6-9,11,14H,4-5,10H2,1-3H3,(H,25,30)/t11-/m0/s1. The van der Waals surface area contributed by atoms with Crippen LogP contribution in [0.1, 0.15) is 54.2 Å². The summed E-state index contributed by atoms with van der Waals surface area (Å²) in [5.41, 5.74) is 1.42. The highest BCUT2D eigenvalue weighted by Crippen LogP contribution is 2.41. The van der Waals surface area contributed by atoms with Gasteiger partial charge >= 0.3 is 6.18 Å². The number of halogens is 3. The molecule has 0 unspecified atom stereocenters. The van der Waals surface area contributed by atoms with Gasteiger partial charge in [-0.3, -0.25) is 14.3 Å². The largest absolute Gasteiger partial charge is 0.416 e. The van der Waals surface area contributed by atoms with Gasteiger partial charge in [-0.25, -0.2) is 4.68 Å². The molecule has 1 aliphatic carbocycles. The molecule has 0 aliphatic heterocycles. The van der Waals surface area contributed by atoms with E-state index in [1.165, 1.54) is 12.1 Å². The lowest BCUT2D eigenvalue weighted by Crippen LogP contribution is -2.35. The molecule has 1 amide bonds. The van der Waals surface area contributed by atoms with Crippen LogP contribution < -0.4 is 10.9 Å². The Morgan fingerprint density at radius 1 is 1.23 bits per heavy atom. The molecule has 1 atom stereocenters. The Labute approximate surface area is 175 Å². The number of benzene rings is 1. The zero-order valence-electron chi connectivity index (χ0n) is 17.3. The van der Waals surface area contributed by atoms with Crippen LogP contribution in [0.25, 0.3) is 10.9 Å². The smallest absolute Gasteiger partial charge is 0.348 e. The van der Waals surface area contributed by atoms with Crippen molar-refractivity contribution in [2.45, 2.75) is 51.4 Å². The molecule has 2 heterocycles. The fourth-order valence-electron chi connectivity index (χ4n) is 3.79. The van der Waals surface area contributed by atoms with Crippen molar-refractivity contribution in [3.05, 3.63) is 57.1 Å². The number of rotatable bonds is 5. The minimum absolute atomic E-state index is 0.264. The van der Waals surface area contributed by atoms with E-state index in [4.69, 9.17) is 0 Å². The molecule has 0 saturated heterocycles. The number of alkyl halides is 3.